The molecule has 2 aliphatic rings. The maximum Gasteiger partial charge on any atom is 0.573 e. The number of carbonyl (C=O) groups excluding carboxylic acids is 2. The SMILES string of the molecule is CC(C(=O)NC1CCC2(CC1)COC2)(c1cncnc1)N(C(=O)[C@H](F)Cl)c1ccc(OC(F)(F)F)cc1. The third kappa shape index (κ3) is 5.80. The molecule has 1 aromatic carbocycles. The first-order valence-electron chi connectivity index (χ1n) is 11.6. The molecule has 2 amide bonds. The van der Waals surface area contributed by atoms with E-state index >= 15 is 0 Å². The number of hydrogen-bond acceptors (Lipinski definition) is 6. The lowest BCUT2D eigenvalue weighted by atomic mass is 9.71. The number of alkyl halides is 5. The minimum atomic E-state index is -4.93. The summed E-state index contributed by atoms with van der Waals surface area (Å²) in [6.07, 6.45) is 1.99. The number of carbonyl (C=O) groups is 2. The van der Waals surface area contributed by atoms with Crippen molar-refractivity contribution in [3.63, 3.8) is 0 Å². The van der Waals surface area contributed by atoms with E-state index in [2.05, 4.69) is 20.0 Å². The van der Waals surface area contributed by atoms with Gasteiger partial charge in [-0.05, 0) is 56.9 Å². The molecule has 2 aromatic rings. The van der Waals surface area contributed by atoms with Crippen LogP contribution >= 0.6 is 11.6 Å². The van der Waals surface area contributed by atoms with Gasteiger partial charge in [-0.25, -0.2) is 14.4 Å². The molecule has 8 nitrogen and oxygen atoms in total. The number of nitrogens with one attached hydrogen (secondary N) is 1. The van der Waals surface area contributed by atoms with Gasteiger partial charge in [-0.1, -0.05) is 11.6 Å². The maximum absolute atomic E-state index is 14.3. The van der Waals surface area contributed by atoms with E-state index in [0.717, 1.165) is 42.0 Å². The molecule has 200 valence electrons. The van der Waals surface area contributed by atoms with E-state index in [4.69, 9.17) is 16.3 Å². The van der Waals surface area contributed by atoms with Crippen LogP contribution in [0, 0.1) is 5.41 Å². The van der Waals surface area contributed by atoms with Crippen molar-refractivity contribution in [2.45, 2.75) is 56.2 Å². The second-order valence-electron chi connectivity index (χ2n) is 9.46. The summed E-state index contributed by atoms with van der Waals surface area (Å²) in [4.78, 5) is 35.6. The van der Waals surface area contributed by atoms with Crippen LogP contribution in [0.1, 0.15) is 38.2 Å². The number of aromatic nitrogens is 2. The van der Waals surface area contributed by atoms with Crippen LogP contribution in [0.4, 0.5) is 23.2 Å². The van der Waals surface area contributed by atoms with Gasteiger partial charge in [0.25, 0.3) is 17.4 Å². The molecule has 1 N–H and O–H groups in total. The maximum atomic E-state index is 14.3. The molecule has 0 bridgehead atoms. The van der Waals surface area contributed by atoms with Gasteiger partial charge < -0.3 is 14.8 Å². The molecule has 1 saturated carbocycles. The molecular weight excluding hydrogens is 520 g/mol. The topological polar surface area (TPSA) is 93.6 Å². The van der Waals surface area contributed by atoms with Crippen molar-refractivity contribution in [3.05, 3.63) is 48.5 Å². The highest BCUT2D eigenvalue weighted by Crippen LogP contribution is 2.43. The smallest absolute Gasteiger partial charge is 0.406 e. The fourth-order valence-electron chi connectivity index (χ4n) is 4.79. The Balaban J connectivity index is 1.68. The zero-order chi connectivity index (χ0) is 26.8. The van der Waals surface area contributed by atoms with Crippen LogP contribution in [0.2, 0.25) is 0 Å². The van der Waals surface area contributed by atoms with Crippen molar-refractivity contribution in [1.29, 1.82) is 0 Å². The van der Waals surface area contributed by atoms with Crippen LogP contribution in [0.5, 0.6) is 5.75 Å². The number of amides is 2. The van der Waals surface area contributed by atoms with Gasteiger partial charge in [-0.2, -0.15) is 0 Å². The second kappa shape index (κ2) is 10.4. The highest BCUT2D eigenvalue weighted by Gasteiger charge is 2.49. The summed E-state index contributed by atoms with van der Waals surface area (Å²) in [5.41, 5.74) is -4.25. The van der Waals surface area contributed by atoms with Gasteiger partial charge in [0.05, 0.1) is 13.2 Å². The molecule has 13 heteroatoms. The summed E-state index contributed by atoms with van der Waals surface area (Å²) >= 11 is 5.53. The predicted molar refractivity (Wildman–Crippen MR) is 124 cm³/mol. The average molecular weight is 545 g/mol. The number of rotatable bonds is 7. The Morgan fingerprint density at radius 2 is 1.76 bits per heavy atom. The number of nitrogens with zero attached hydrogens (tertiary/aromatic N) is 3. The molecule has 0 radical (unpaired) electrons. The quantitative estimate of drug-likeness (QED) is 0.414. The van der Waals surface area contributed by atoms with E-state index in [9.17, 15) is 27.2 Å². The van der Waals surface area contributed by atoms with Gasteiger partial charge in [0, 0.05) is 35.1 Å². The van der Waals surface area contributed by atoms with Gasteiger partial charge in [-0.15, -0.1) is 13.2 Å². The first kappa shape index (κ1) is 27.1. The van der Waals surface area contributed by atoms with Gasteiger partial charge in [0.2, 0.25) is 0 Å². The molecule has 4 rings (SSSR count). The summed E-state index contributed by atoms with van der Waals surface area (Å²) < 4.78 is 61.3. The normalized spacial score (nSPS) is 19.8. The molecule has 1 unspecified atom stereocenters. The lowest BCUT2D eigenvalue weighted by Crippen LogP contribution is -2.60. The minimum absolute atomic E-state index is 0.0847. The first-order valence-corrected chi connectivity index (χ1v) is 12.0. The molecule has 1 saturated heterocycles. The highest BCUT2D eigenvalue weighted by molar-refractivity contribution is 6.32. The first-order chi connectivity index (χ1) is 17.4. The predicted octanol–water partition coefficient (Wildman–Crippen LogP) is 4.23. The fourth-order valence-corrected chi connectivity index (χ4v) is 4.89. The lowest BCUT2D eigenvalue weighted by Gasteiger charge is -2.47. The molecule has 1 aromatic heterocycles. The summed E-state index contributed by atoms with van der Waals surface area (Å²) in [6.45, 7) is 2.76. The largest absolute Gasteiger partial charge is 0.573 e. The third-order valence-corrected chi connectivity index (χ3v) is 7.13. The van der Waals surface area contributed by atoms with Crippen LogP contribution < -0.4 is 15.0 Å². The second-order valence-corrected chi connectivity index (χ2v) is 9.84. The minimum Gasteiger partial charge on any atom is -0.406 e. The molecule has 2 heterocycles. The van der Waals surface area contributed by atoms with E-state index in [1.807, 2.05) is 0 Å². The van der Waals surface area contributed by atoms with Gasteiger partial charge in [-0.3, -0.25) is 14.5 Å². The van der Waals surface area contributed by atoms with Crippen LogP contribution in [0.25, 0.3) is 0 Å². The number of ether oxygens (including phenoxy) is 2. The number of anilines is 1. The molecular formula is C24H25ClF4N4O4. The molecule has 37 heavy (non-hydrogen) atoms. The fraction of sp³-hybridized carbons (Fsp3) is 0.500. The van der Waals surface area contributed by atoms with E-state index in [-0.39, 0.29) is 22.7 Å². The van der Waals surface area contributed by atoms with Crippen LogP contribution in [-0.4, -0.2) is 53.0 Å². The Labute approximate surface area is 215 Å². The van der Waals surface area contributed by atoms with Crippen molar-refractivity contribution in [2.75, 3.05) is 18.1 Å². The number of hydrogen-bond donors (Lipinski definition) is 1. The molecule has 2 atom stereocenters. The van der Waals surface area contributed by atoms with Gasteiger partial charge in [0.1, 0.15) is 12.1 Å². The average Bonchev–Trinajstić information content (AvgIpc) is 2.84. The molecule has 1 spiro atoms. The van der Waals surface area contributed by atoms with Crippen molar-refractivity contribution in [1.82, 2.24) is 15.3 Å². The van der Waals surface area contributed by atoms with E-state index in [1.54, 1.807) is 0 Å². The standard InChI is InChI=1S/C24H25ClF4N4O4/c1-22(15-10-30-14-31-11-15,21(35)32-16-6-8-23(9-7-16)12-36-13-23)33(20(34)19(25)26)17-2-4-18(5-3-17)37-24(27,28)29/h2-5,10-11,14,16,19H,6-9,12-13H2,1H3,(H,32,35)/t19-,22?/m0/s1. The Hall–Kier alpha value is -2.99. The van der Waals surface area contributed by atoms with Crippen LogP contribution in [0.3, 0.4) is 0 Å². The summed E-state index contributed by atoms with van der Waals surface area (Å²) in [5.74, 6) is -2.49. The molecule has 2 fully saturated rings. The van der Waals surface area contributed by atoms with Crippen molar-refractivity contribution in [2.24, 2.45) is 5.41 Å². The third-order valence-electron chi connectivity index (χ3n) is 6.95. The van der Waals surface area contributed by atoms with Crippen molar-refractivity contribution >= 4 is 29.1 Å². The van der Waals surface area contributed by atoms with Crippen molar-refractivity contribution < 1.29 is 36.6 Å². The van der Waals surface area contributed by atoms with Crippen LogP contribution in [-0.2, 0) is 19.9 Å². The number of benzene rings is 1. The Morgan fingerprint density at radius 3 is 2.24 bits per heavy atom. The lowest BCUT2D eigenvalue weighted by molar-refractivity contribution is -0.274. The summed E-state index contributed by atoms with van der Waals surface area (Å²) in [7, 11) is 0. The van der Waals surface area contributed by atoms with E-state index < -0.39 is 35.1 Å². The highest BCUT2D eigenvalue weighted by atomic mass is 35.5. The Kier molecular flexibility index (Phi) is 7.61. The van der Waals surface area contributed by atoms with E-state index in [0.29, 0.717) is 26.1 Å². The zero-order valence-electron chi connectivity index (χ0n) is 19.8. The molecule has 1 aliphatic heterocycles. The Morgan fingerprint density at radius 1 is 1.16 bits per heavy atom. The Bertz CT molecular complexity index is 1110. The van der Waals surface area contributed by atoms with E-state index in [1.165, 1.54) is 25.6 Å². The zero-order valence-corrected chi connectivity index (χ0v) is 20.6. The van der Waals surface area contributed by atoms with Gasteiger partial charge in [0.15, 0.2) is 5.54 Å². The molecule has 1 aliphatic carbocycles. The number of halogens is 5. The van der Waals surface area contributed by atoms with Crippen LogP contribution in [0.15, 0.2) is 43.0 Å². The summed E-state index contributed by atoms with van der Waals surface area (Å²) in [5, 5.41) is 2.96. The monoisotopic (exact) mass is 544 g/mol. The summed E-state index contributed by atoms with van der Waals surface area (Å²) in [6, 6.07) is 3.90. The van der Waals surface area contributed by atoms with Gasteiger partial charge >= 0.3 is 6.36 Å². The van der Waals surface area contributed by atoms with Crippen molar-refractivity contribution in [3.8, 4) is 5.75 Å².